The molecule has 162 valence electrons. The Morgan fingerprint density at radius 1 is 1.09 bits per heavy atom. The van der Waals surface area contributed by atoms with E-state index in [1.807, 2.05) is 6.92 Å². The number of aryl methyl sites for hydroxylation is 1. The van der Waals surface area contributed by atoms with Gasteiger partial charge in [0, 0.05) is 42.7 Å². The number of nitrogens with zero attached hydrogens (tertiary/aromatic N) is 7. The molecule has 3 heterocycles. The highest BCUT2D eigenvalue weighted by atomic mass is 16.6. The van der Waals surface area contributed by atoms with Gasteiger partial charge in [0.2, 0.25) is 0 Å². The predicted molar refractivity (Wildman–Crippen MR) is 112 cm³/mol. The van der Waals surface area contributed by atoms with Crippen molar-refractivity contribution in [3.05, 3.63) is 73.8 Å². The van der Waals surface area contributed by atoms with Gasteiger partial charge in [-0.25, -0.2) is 9.50 Å². The molecule has 0 saturated carbocycles. The van der Waals surface area contributed by atoms with Crippen LogP contribution in [0.2, 0.25) is 0 Å². The van der Waals surface area contributed by atoms with E-state index in [1.165, 1.54) is 17.5 Å². The van der Waals surface area contributed by atoms with Gasteiger partial charge in [0.05, 0.1) is 27.4 Å². The van der Waals surface area contributed by atoms with Gasteiger partial charge < -0.3 is 5.32 Å². The molecule has 0 unspecified atom stereocenters. The van der Waals surface area contributed by atoms with Crippen molar-refractivity contribution in [2.75, 3.05) is 5.32 Å². The second-order valence-electron chi connectivity index (χ2n) is 7.00. The smallest absolute Gasteiger partial charge is 0.281 e. The first-order valence-electron chi connectivity index (χ1n) is 9.26. The number of nitro benzene ring substituents is 2. The summed E-state index contributed by atoms with van der Waals surface area (Å²) >= 11 is 0. The van der Waals surface area contributed by atoms with Crippen LogP contribution in [-0.4, -0.2) is 40.1 Å². The summed E-state index contributed by atoms with van der Waals surface area (Å²) in [5, 5.41) is 33.5. The van der Waals surface area contributed by atoms with Crippen molar-refractivity contribution in [3.8, 4) is 11.3 Å². The summed E-state index contributed by atoms with van der Waals surface area (Å²) in [6, 6.07) is 5.32. The van der Waals surface area contributed by atoms with Crippen LogP contribution < -0.4 is 5.32 Å². The minimum absolute atomic E-state index is 0.0163. The van der Waals surface area contributed by atoms with Crippen LogP contribution in [0.5, 0.6) is 0 Å². The summed E-state index contributed by atoms with van der Waals surface area (Å²) in [4.78, 5) is 38.0. The molecule has 0 fully saturated rings. The minimum Gasteiger partial charge on any atom is -0.320 e. The molecular formula is C19H16N8O5. The largest absolute Gasteiger partial charge is 0.320 e. The van der Waals surface area contributed by atoms with Crippen LogP contribution in [0.3, 0.4) is 0 Å². The molecule has 0 spiro atoms. The number of carbonyl (C=O) groups excluding carboxylic acids is 1. The third kappa shape index (κ3) is 3.40. The highest BCUT2D eigenvalue weighted by Crippen LogP contribution is 2.32. The molecule has 0 atom stereocenters. The summed E-state index contributed by atoms with van der Waals surface area (Å²) in [5.74, 6) is -0.697. The van der Waals surface area contributed by atoms with Crippen molar-refractivity contribution < 1.29 is 14.6 Å². The molecule has 1 aromatic carbocycles. The van der Waals surface area contributed by atoms with Gasteiger partial charge in [-0.05, 0) is 19.9 Å². The molecule has 4 aromatic rings. The Morgan fingerprint density at radius 3 is 2.31 bits per heavy atom. The highest BCUT2D eigenvalue weighted by Gasteiger charge is 2.24. The van der Waals surface area contributed by atoms with Gasteiger partial charge in [0.15, 0.2) is 11.3 Å². The Labute approximate surface area is 179 Å². The van der Waals surface area contributed by atoms with E-state index < -0.39 is 27.1 Å². The fourth-order valence-corrected chi connectivity index (χ4v) is 3.29. The zero-order chi connectivity index (χ0) is 23.2. The lowest BCUT2D eigenvalue weighted by Crippen LogP contribution is -2.13. The predicted octanol–water partition coefficient (Wildman–Crippen LogP) is 2.82. The molecule has 0 saturated heterocycles. The first-order chi connectivity index (χ1) is 15.2. The number of nitrogens with one attached hydrogen (secondary N) is 1. The van der Waals surface area contributed by atoms with Gasteiger partial charge in [0.1, 0.15) is 5.56 Å². The zero-order valence-corrected chi connectivity index (χ0v) is 17.1. The first kappa shape index (κ1) is 20.6. The van der Waals surface area contributed by atoms with E-state index >= 15 is 0 Å². The monoisotopic (exact) mass is 436 g/mol. The maximum atomic E-state index is 12.8. The van der Waals surface area contributed by atoms with E-state index in [9.17, 15) is 25.0 Å². The van der Waals surface area contributed by atoms with Crippen LogP contribution in [0.25, 0.3) is 16.9 Å². The van der Waals surface area contributed by atoms with Crippen molar-refractivity contribution in [1.29, 1.82) is 0 Å². The normalized spacial score (nSPS) is 11.0. The average molecular weight is 436 g/mol. The van der Waals surface area contributed by atoms with Crippen LogP contribution in [-0.2, 0) is 7.05 Å². The van der Waals surface area contributed by atoms with Crippen molar-refractivity contribution in [3.63, 3.8) is 0 Å². The van der Waals surface area contributed by atoms with Gasteiger partial charge in [-0.15, -0.1) is 0 Å². The van der Waals surface area contributed by atoms with Crippen LogP contribution in [0.4, 0.5) is 17.1 Å². The number of hydrogen-bond acceptors (Lipinski definition) is 8. The molecule has 1 amide bonds. The molecule has 32 heavy (non-hydrogen) atoms. The van der Waals surface area contributed by atoms with Crippen molar-refractivity contribution in [2.45, 2.75) is 13.8 Å². The lowest BCUT2D eigenvalue weighted by atomic mass is 10.1. The minimum atomic E-state index is -0.741. The van der Waals surface area contributed by atoms with Crippen LogP contribution >= 0.6 is 0 Å². The number of carbonyl (C=O) groups is 1. The van der Waals surface area contributed by atoms with Crippen molar-refractivity contribution >= 4 is 28.6 Å². The maximum Gasteiger partial charge on any atom is 0.281 e. The molecule has 4 rings (SSSR count). The second kappa shape index (κ2) is 7.54. The topological polar surface area (TPSA) is 163 Å². The van der Waals surface area contributed by atoms with E-state index in [-0.39, 0.29) is 16.9 Å². The summed E-state index contributed by atoms with van der Waals surface area (Å²) in [6.07, 6.45) is 3.25. The molecule has 13 nitrogen and oxygen atoms in total. The summed E-state index contributed by atoms with van der Waals surface area (Å²) < 4.78 is 3.19. The molecule has 1 N–H and O–H groups in total. The number of anilines is 1. The lowest BCUT2D eigenvalue weighted by Gasteiger charge is -2.06. The standard InChI is InChI=1S/C19H16N8O5/c1-10-16(26(29)30)6-12(7-17(10)27(31)32)22-19(28)14-8-18-20-5-4-15(25(18)23-14)13-9-21-24(3)11(13)2/h4-9H,1-3H3,(H,22,28). The number of hydrogen-bond donors (Lipinski definition) is 1. The van der Waals surface area contributed by atoms with E-state index in [2.05, 4.69) is 20.5 Å². The number of fused-ring (bicyclic) bond motifs is 1. The van der Waals surface area contributed by atoms with E-state index in [0.717, 1.165) is 23.4 Å². The number of rotatable bonds is 5. The van der Waals surface area contributed by atoms with Gasteiger partial charge in [0.25, 0.3) is 17.3 Å². The van der Waals surface area contributed by atoms with Gasteiger partial charge in [-0.2, -0.15) is 10.2 Å². The molecule has 0 bridgehead atoms. The number of nitro groups is 2. The lowest BCUT2D eigenvalue weighted by molar-refractivity contribution is -0.395. The SMILES string of the molecule is Cc1c([N+](=O)[O-])cc(NC(=O)c2cc3nccc(-c4cnn(C)c4C)n3n2)cc1[N+](=O)[O-]. The Balaban J connectivity index is 1.73. The summed E-state index contributed by atoms with van der Waals surface area (Å²) in [6.45, 7) is 3.17. The number of aromatic nitrogens is 5. The van der Waals surface area contributed by atoms with E-state index in [4.69, 9.17) is 0 Å². The average Bonchev–Trinajstić information content (AvgIpc) is 3.32. The molecule has 0 aliphatic rings. The quantitative estimate of drug-likeness (QED) is 0.368. The maximum absolute atomic E-state index is 12.8. The Hall–Kier alpha value is -4.68. The Morgan fingerprint density at radius 2 is 1.75 bits per heavy atom. The van der Waals surface area contributed by atoms with Crippen molar-refractivity contribution in [1.82, 2.24) is 24.4 Å². The molecule has 0 radical (unpaired) electrons. The highest BCUT2D eigenvalue weighted by molar-refractivity contribution is 6.04. The third-order valence-corrected chi connectivity index (χ3v) is 5.11. The summed E-state index contributed by atoms with van der Waals surface area (Å²) in [7, 11) is 1.80. The number of amides is 1. The van der Waals surface area contributed by atoms with Gasteiger partial charge in [-0.1, -0.05) is 0 Å². The van der Waals surface area contributed by atoms with E-state index in [0.29, 0.717) is 11.3 Å². The zero-order valence-electron chi connectivity index (χ0n) is 17.1. The van der Waals surface area contributed by atoms with Crippen molar-refractivity contribution in [2.24, 2.45) is 7.05 Å². The Bertz CT molecular complexity index is 1390. The van der Waals surface area contributed by atoms with E-state index in [1.54, 1.807) is 30.2 Å². The molecule has 0 aliphatic carbocycles. The second-order valence-corrected chi connectivity index (χ2v) is 7.00. The third-order valence-electron chi connectivity index (χ3n) is 5.11. The Kier molecular flexibility index (Phi) is 4.85. The first-order valence-corrected chi connectivity index (χ1v) is 9.26. The molecular weight excluding hydrogens is 420 g/mol. The van der Waals surface area contributed by atoms with Gasteiger partial charge >= 0.3 is 0 Å². The summed E-state index contributed by atoms with van der Waals surface area (Å²) in [5.41, 5.74) is 1.60. The van der Waals surface area contributed by atoms with Crippen LogP contribution in [0, 0.1) is 34.1 Å². The molecule has 0 aliphatic heterocycles. The fourth-order valence-electron chi connectivity index (χ4n) is 3.29. The van der Waals surface area contributed by atoms with Gasteiger partial charge in [-0.3, -0.25) is 29.7 Å². The van der Waals surface area contributed by atoms with Crippen LogP contribution in [0.15, 0.2) is 36.7 Å². The number of benzene rings is 1. The fraction of sp³-hybridized carbons (Fsp3) is 0.158. The van der Waals surface area contributed by atoms with Crippen LogP contribution in [0.1, 0.15) is 21.7 Å². The molecule has 13 heteroatoms. The molecule has 3 aromatic heterocycles.